The van der Waals surface area contributed by atoms with E-state index in [0.29, 0.717) is 6.04 Å². The minimum Gasteiger partial charge on any atom is -0.310 e. The van der Waals surface area contributed by atoms with E-state index in [9.17, 15) is 0 Å². The quantitative estimate of drug-likeness (QED) is 0.800. The van der Waals surface area contributed by atoms with E-state index in [1.54, 1.807) is 0 Å². The van der Waals surface area contributed by atoms with Gasteiger partial charge in [0.05, 0.1) is 0 Å². The highest BCUT2D eigenvalue weighted by Gasteiger charge is 2.14. The molecule has 0 unspecified atom stereocenters. The van der Waals surface area contributed by atoms with Gasteiger partial charge in [-0.25, -0.2) is 0 Å². The molecule has 1 fully saturated rings. The lowest BCUT2D eigenvalue weighted by Crippen LogP contribution is -2.22. The average molecular weight is 310 g/mol. The second kappa shape index (κ2) is 7.30. The molecule has 2 rings (SSSR count). The van der Waals surface area contributed by atoms with Crippen molar-refractivity contribution in [3.63, 3.8) is 0 Å². The molecule has 1 saturated carbocycles. The second-order valence-electron chi connectivity index (χ2n) is 5.49. The van der Waals surface area contributed by atoms with E-state index in [2.05, 4.69) is 52.4 Å². The van der Waals surface area contributed by atoms with Crippen molar-refractivity contribution in [2.75, 3.05) is 6.54 Å². The third kappa shape index (κ3) is 4.10. The Labute approximate surface area is 119 Å². The van der Waals surface area contributed by atoms with Crippen molar-refractivity contribution >= 4 is 15.9 Å². The van der Waals surface area contributed by atoms with Gasteiger partial charge in [0.1, 0.15) is 0 Å². The zero-order chi connectivity index (χ0) is 12.8. The topological polar surface area (TPSA) is 12.0 Å². The number of benzene rings is 1. The van der Waals surface area contributed by atoms with Gasteiger partial charge >= 0.3 is 0 Å². The van der Waals surface area contributed by atoms with Gasteiger partial charge < -0.3 is 5.32 Å². The van der Waals surface area contributed by atoms with Crippen LogP contribution in [0.15, 0.2) is 28.7 Å². The Hall–Kier alpha value is -0.340. The van der Waals surface area contributed by atoms with Gasteiger partial charge in [-0.05, 0) is 37.4 Å². The molecule has 1 N–H and O–H groups in total. The second-order valence-corrected chi connectivity index (χ2v) is 6.34. The maximum Gasteiger partial charge on any atom is 0.0302 e. The molecule has 0 heterocycles. The summed E-state index contributed by atoms with van der Waals surface area (Å²) in [6.07, 6.45) is 8.59. The zero-order valence-corrected chi connectivity index (χ0v) is 12.9. The summed E-state index contributed by atoms with van der Waals surface area (Å²) in [5.74, 6) is 0.970. The van der Waals surface area contributed by atoms with Crippen LogP contribution in [0.5, 0.6) is 0 Å². The molecule has 0 bridgehead atoms. The largest absolute Gasteiger partial charge is 0.310 e. The predicted octanol–water partition coefficient (Wildman–Crippen LogP) is 5.07. The molecule has 0 saturated heterocycles. The molecule has 2 heteroatoms. The predicted molar refractivity (Wildman–Crippen MR) is 81.8 cm³/mol. The molecule has 0 spiro atoms. The van der Waals surface area contributed by atoms with Crippen LogP contribution in [0.1, 0.15) is 57.1 Å². The maximum absolute atomic E-state index is 3.66. The molecule has 1 aromatic carbocycles. The lowest BCUT2D eigenvalue weighted by molar-refractivity contribution is 0.329. The van der Waals surface area contributed by atoms with E-state index in [-0.39, 0.29) is 0 Å². The van der Waals surface area contributed by atoms with E-state index < -0.39 is 0 Å². The molecule has 1 aliphatic rings. The molecular formula is C16H24BrN. The Kier molecular flexibility index (Phi) is 5.71. The lowest BCUT2D eigenvalue weighted by Gasteiger charge is -2.23. The number of rotatable bonds is 5. The monoisotopic (exact) mass is 309 g/mol. The van der Waals surface area contributed by atoms with Gasteiger partial charge in [-0.2, -0.15) is 0 Å². The lowest BCUT2D eigenvalue weighted by atomic mass is 9.87. The molecule has 0 radical (unpaired) electrons. The third-order valence-corrected chi connectivity index (χ3v) is 4.82. The van der Waals surface area contributed by atoms with E-state index in [0.717, 1.165) is 12.5 Å². The summed E-state index contributed by atoms with van der Waals surface area (Å²) in [4.78, 5) is 0. The van der Waals surface area contributed by atoms with Crippen molar-refractivity contribution in [3.8, 4) is 0 Å². The zero-order valence-electron chi connectivity index (χ0n) is 11.3. The first-order valence-corrected chi connectivity index (χ1v) is 8.04. The molecule has 0 aliphatic heterocycles. The van der Waals surface area contributed by atoms with E-state index in [1.807, 2.05) is 0 Å². The summed E-state index contributed by atoms with van der Waals surface area (Å²) in [6.45, 7) is 3.40. The fourth-order valence-corrected chi connectivity index (χ4v) is 3.54. The molecule has 1 aliphatic carbocycles. The van der Waals surface area contributed by atoms with Gasteiger partial charge in [0.25, 0.3) is 0 Å². The molecule has 100 valence electrons. The smallest absolute Gasteiger partial charge is 0.0302 e. The van der Waals surface area contributed by atoms with Crippen LogP contribution in [0.4, 0.5) is 0 Å². The number of hydrogen-bond acceptors (Lipinski definition) is 1. The van der Waals surface area contributed by atoms with Crippen LogP contribution in [0.25, 0.3) is 0 Å². The highest BCUT2D eigenvalue weighted by atomic mass is 79.9. The van der Waals surface area contributed by atoms with Crippen molar-refractivity contribution in [1.29, 1.82) is 0 Å². The molecule has 0 aromatic heterocycles. The van der Waals surface area contributed by atoms with Crippen molar-refractivity contribution in [1.82, 2.24) is 5.32 Å². The highest BCUT2D eigenvalue weighted by Crippen LogP contribution is 2.27. The first-order valence-electron chi connectivity index (χ1n) is 7.25. The van der Waals surface area contributed by atoms with Gasteiger partial charge in [-0.15, -0.1) is 0 Å². The number of halogens is 1. The maximum atomic E-state index is 3.66. The SMILES string of the molecule is C[C@@H](NCCC1CCCCC1)c1ccccc1Br. The number of nitrogens with one attached hydrogen (secondary N) is 1. The fourth-order valence-electron chi connectivity index (χ4n) is 2.92. The Morgan fingerprint density at radius 1 is 1.22 bits per heavy atom. The van der Waals surface area contributed by atoms with Crippen LogP contribution in [-0.4, -0.2) is 6.54 Å². The third-order valence-electron chi connectivity index (χ3n) is 4.10. The molecular weight excluding hydrogens is 286 g/mol. The van der Waals surface area contributed by atoms with Gasteiger partial charge in [0.15, 0.2) is 0 Å². The van der Waals surface area contributed by atoms with Gasteiger partial charge in [0, 0.05) is 10.5 Å². The first-order chi connectivity index (χ1) is 8.77. The molecule has 1 nitrogen and oxygen atoms in total. The van der Waals surface area contributed by atoms with Crippen molar-refractivity contribution in [2.24, 2.45) is 5.92 Å². The average Bonchev–Trinajstić information content (AvgIpc) is 2.40. The summed E-state index contributed by atoms with van der Waals surface area (Å²) in [5, 5.41) is 3.66. The highest BCUT2D eigenvalue weighted by molar-refractivity contribution is 9.10. The van der Waals surface area contributed by atoms with E-state index in [1.165, 1.54) is 48.6 Å². The molecule has 18 heavy (non-hydrogen) atoms. The number of hydrogen-bond donors (Lipinski definition) is 1. The Balaban J connectivity index is 1.74. The Morgan fingerprint density at radius 2 is 1.94 bits per heavy atom. The van der Waals surface area contributed by atoms with Crippen LogP contribution < -0.4 is 5.32 Å². The van der Waals surface area contributed by atoms with Crippen molar-refractivity contribution in [2.45, 2.75) is 51.5 Å². The summed E-state index contributed by atoms with van der Waals surface area (Å²) >= 11 is 3.63. The van der Waals surface area contributed by atoms with Crippen molar-refractivity contribution in [3.05, 3.63) is 34.3 Å². The Morgan fingerprint density at radius 3 is 2.67 bits per heavy atom. The van der Waals surface area contributed by atoms with E-state index in [4.69, 9.17) is 0 Å². The van der Waals surface area contributed by atoms with Crippen LogP contribution in [0.2, 0.25) is 0 Å². The Bertz CT molecular complexity index is 358. The van der Waals surface area contributed by atoms with Gasteiger partial charge in [0.2, 0.25) is 0 Å². The standard InChI is InChI=1S/C16H24BrN/c1-13(15-9-5-6-10-16(15)17)18-12-11-14-7-3-2-4-8-14/h5-6,9-10,13-14,18H,2-4,7-8,11-12H2,1H3/t13-/m1/s1. The minimum atomic E-state index is 0.434. The van der Waals surface area contributed by atoms with Gasteiger partial charge in [-0.3, -0.25) is 0 Å². The van der Waals surface area contributed by atoms with Gasteiger partial charge in [-0.1, -0.05) is 66.2 Å². The molecule has 1 atom stereocenters. The summed E-state index contributed by atoms with van der Waals surface area (Å²) < 4.78 is 1.21. The van der Waals surface area contributed by atoms with Crippen molar-refractivity contribution < 1.29 is 0 Å². The first kappa shape index (κ1) is 14.1. The fraction of sp³-hybridized carbons (Fsp3) is 0.625. The van der Waals surface area contributed by atoms with Crippen LogP contribution >= 0.6 is 15.9 Å². The van der Waals surface area contributed by atoms with Crippen LogP contribution in [0.3, 0.4) is 0 Å². The minimum absolute atomic E-state index is 0.434. The van der Waals surface area contributed by atoms with Crippen LogP contribution in [-0.2, 0) is 0 Å². The van der Waals surface area contributed by atoms with E-state index >= 15 is 0 Å². The van der Waals surface area contributed by atoms with Crippen LogP contribution in [0, 0.1) is 5.92 Å². The normalized spacial score (nSPS) is 18.8. The molecule has 1 aromatic rings. The summed E-state index contributed by atoms with van der Waals surface area (Å²) in [5.41, 5.74) is 1.36. The summed E-state index contributed by atoms with van der Waals surface area (Å²) in [6, 6.07) is 8.93. The molecule has 0 amide bonds. The summed E-state index contributed by atoms with van der Waals surface area (Å²) in [7, 11) is 0.